The van der Waals surface area contributed by atoms with Crippen LogP contribution in [-0.2, 0) is 0 Å². The van der Waals surface area contributed by atoms with E-state index in [1.807, 2.05) is 0 Å². The molecule has 0 unspecified atom stereocenters. The Balaban J connectivity index is 2.01. The standard InChI is InChI=1S/C36H46N4O16/c41-9-21(45)29(49)33(53)25-13-1-2-14(37-13)26(34(54)30(50)22(46)10-42)16-5-6-18(39-16)28(36(56)32(52)24(48)12-44)20-8-7-19(40-20)27(17-4-3-15(25)38-17)35(55)31(51)23(47)11-43/h1-8,21-24,29-38,41-56H,9-12H2/t21-,22-,23-,24-,29-,30-,31-,32-,33-,34-,35-,36-/m0/s1. The number of aromatic nitrogens is 4. The first-order valence-electron chi connectivity index (χ1n) is 17.4. The van der Waals surface area contributed by atoms with E-state index < -0.39 is 99.7 Å². The number of nitrogens with zero attached hydrogens (tertiary/aromatic N) is 2. The predicted molar refractivity (Wildman–Crippen MR) is 195 cm³/mol. The minimum atomic E-state index is -2.04. The molecule has 2 aliphatic heterocycles. The Hall–Kier alpha value is -4.04. The molecule has 12 atom stereocenters. The monoisotopic (exact) mass is 790 g/mol. The van der Waals surface area contributed by atoms with Crippen LogP contribution in [0, 0.1) is 0 Å². The smallest absolute Gasteiger partial charge is 0.112 e. The van der Waals surface area contributed by atoms with Gasteiger partial charge in [0, 0.05) is 44.3 Å². The largest absolute Gasteiger partial charge is 0.394 e. The molecule has 20 heteroatoms. The number of H-pyrrole nitrogens is 2. The molecular weight excluding hydrogens is 744 g/mol. The van der Waals surface area contributed by atoms with E-state index in [2.05, 4.69) is 19.9 Å². The minimum Gasteiger partial charge on any atom is -0.394 e. The molecule has 5 heterocycles. The van der Waals surface area contributed by atoms with Crippen LogP contribution in [0.1, 0.15) is 69.4 Å². The van der Waals surface area contributed by atoms with Crippen LogP contribution in [0.25, 0.3) is 46.4 Å². The van der Waals surface area contributed by atoms with Crippen LogP contribution >= 0.6 is 0 Å². The quantitative estimate of drug-likeness (QED) is 0.0449. The Morgan fingerprint density at radius 1 is 0.357 bits per heavy atom. The van der Waals surface area contributed by atoms with Crippen molar-refractivity contribution < 1.29 is 81.7 Å². The normalized spacial score (nSPS) is 19.4. The van der Waals surface area contributed by atoms with E-state index in [0.717, 1.165) is 0 Å². The number of fused-ring (bicyclic) bond motifs is 8. The summed E-state index contributed by atoms with van der Waals surface area (Å²) in [5.41, 5.74) is -1.52. The second-order valence-electron chi connectivity index (χ2n) is 13.4. The van der Waals surface area contributed by atoms with E-state index >= 15 is 0 Å². The summed E-state index contributed by atoms with van der Waals surface area (Å²) < 4.78 is 0. The molecular formula is C36H46N4O16. The molecule has 0 aliphatic carbocycles. The van der Waals surface area contributed by atoms with E-state index in [1.165, 1.54) is 48.6 Å². The average Bonchev–Trinajstić information content (AvgIpc) is 4.05. The first-order chi connectivity index (χ1) is 26.6. The summed E-state index contributed by atoms with van der Waals surface area (Å²) in [5.74, 6) is 0. The minimum absolute atomic E-state index is 0.0128. The van der Waals surface area contributed by atoms with Gasteiger partial charge in [-0.15, -0.1) is 0 Å². The van der Waals surface area contributed by atoms with E-state index in [9.17, 15) is 81.7 Å². The van der Waals surface area contributed by atoms with Crippen molar-refractivity contribution in [2.45, 2.75) is 73.2 Å². The highest BCUT2D eigenvalue weighted by molar-refractivity contribution is 5.84. The third-order valence-electron chi connectivity index (χ3n) is 9.72. The number of aromatic amines is 2. The van der Waals surface area contributed by atoms with Crippen LogP contribution in [0.3, 0.4) is 0 Å². The maximum atomic E-state index is 11.5. The van der Waals surface area contributed by atoms with Gasteiger partial charge in [-0.05, 0) is 48.6 Å². The first kappa shape index (κ1) is 43.1. The fraction of sp³-hybridized carbons (Fsp3) is 0.444. The maximum Gasteiger partial charge on any atom is 0.112 e. The lowest BCUT2D eigenvalue weighted by molar-refractivity contribution is -0.0780. The lowest BCUT2D eigenvalue weighted by atomic mass is 9.97. The zero-order valence-electron chi connectivity index (χ0n) is 29.4. The highest BCUT2D eigenvalue weighted by Gasteiger charge is 2.35. The van der Waals surface area contributed by atoms with Gasteiger partial charge in [0.15, 0.2) is 0 Å². The van der Waals surface area contributed by atoms with Crippen molar-refractivity contribution in [2.75, 3.05) is 26.4 Å². The molecule has 18 N–H and O–H groups in total. The summed E-state index contributed by atoms with van der Waals surface area (Å²) in [4.78, 5) is 14.9. The van der Waals surface area contributed by atoms with Crippen LogP contribution in [0.4, 0.5) is 0 Å². The summed E-state index contributed by atoms with van der Waals surface area (Å²) in [6, 6.07) is 5.41. The van der Waals surface area contributed by atoms with Crippen LogP contribution in [0.5, 0.6) is 0 Å². The second kappa shape index (κ2) is 18.0. The molecule has 0 aromatic carbocycles. The van der Waals surface area contributed by atoms with Crippen LogP contribution in [0.2, 0.25) is 0 Å². The van der Waals surface area contributed by atoms with Crippen LogP contribution in [0.15, 0.2) is 24.3 Å². The fourth-order valence-corrected chi connectivity index (χ4v) is 6.50. The maximum absolute atomic E-state index is 11.5. The van der Waals surface area contributed by atoms with Crippen molar-refractivity contribution in [3.05, 3.63) is 69.3 Å². The van der Waals surface area contributed by atoms with E-state index in [0.29, 0.717) is 0 Å². The first-order valence-corrected chi connectivity index (χ1v) is 17.4. The molecule has 0 amide bonds. The van der Waals surface area contributed by atoms with Crippen molar-refractivity contribution in [1.82, 2.24) is 19.9 Å². The van der Waals surface area contributed by atoms with Gasteiger partial charge in [0.1, 0.15) is 73.2 Å². The Morgan fingerprint density at radius 3 is 0.875 bits per heavy atom. The lowest BCUT2D eigenvalue weighted by Gasteiger charge is -2.23. The molecule has 0 fully saturated rings. The number of hydrogen-bond acceptors (Lipinski definition) is 18. The van der Waals surface area contributed by atoms with E-state index in [4.69, 9.17) is 0 Å². The van der Waals surface area contributed by atoms with Crippen LogP contribution in [-0.4, -0.2) is 177 Å². The zero-order chi connectivity index (χ0) is 41.2. The van der Waals surface area contributed by atoms with Gasteiger partial charge in [-0.25, -0.2) is 9.97 Å². The molecule has 8 bridgehead atoms. The van der Waals surface area contributed by atoms with Gasteiger partial charge in [-0.2, -0.15) is 0 Å². The Bertz CT molecular complexity index is 1950. The van der Waals surface area contributed by atoms with Gasteiger partial charge < -0.3 is 91.7 Å². The second-order valence-corrected chi connectivity index (χ2v) is 13.4. The number of nitrogens with one attached hydrogen (secondary N) is 2. The van der Waals surface area contributed by atoms with Gasteiger partial charge in [0.05, 0.1) is 49.2 Å². The van der Waals surface area contributed by atoms with Gasteiger partial charge in [-0.1, -0.05) is 0 Å². The van der Waals surface area contributed by atoms with Crippen molar-refractivity contribution in [2.24, 2.45) is 0 Å². The van der Waals surface area contributed by atoms with Crippen molar-refractivity contribution >= 4 is 46.4 Å². The van der Waals surface area contributed by atoms with Gasteiger partial charge in [0.2, 0.25) is 0 Å². The summed E-state index contributed by atoms with van der Waals surface area (Å²) in [7, 11) is 0. The molecule has 0 saturated heterocycles. The third-order valence-corrected chi connectivity index (χ3v) is 9.72. The van der Waals surface area contributed by atoms with Crippen molar-refractivity contribution in [3.8, 4) is 0 Å². The summed E-state index contributed by atoms with van der Waals surface area (Å²) in [5, 5.41) is 168. The van der Waals surface area contributed by atoms with Gasteiger partial charge >= 0.3 is 0 Å². The molecule has 20 nitrogen and oxygen atoms in total. The molecule has 3 aromatic rings. The topological polar surface area (TPSA) is 381 Å². The molecule has 0 radical (unpaired) electrons. The fourth-order valence-electron chi connectivity index (χ4n) is 6.50. The molecule has 2 aliphatic rings. The van der Waals surface area contributed by atoms with Gasteiger partial charge in [0.25, 0.3) is 0 Å². The molecule has 56 heavy (non-hydrogen) atoms. The lowest BCUT2D eigenvalue weighted by Crippen LogP contribution is -2.35. The van der Waals surface area contributed by atoms with E-state index in [-0.39, 0.29) is 67.1 Å². The summed E-state index contributed by atoms with van der Waals surface area (Å²) >= 11 is 0. The highest BCUT2D eigenvalue weighted by Crippen LogP contribution is 2.37. The number of hydrogen-bond donors (Lipinski definition) is 18. The Kier molecular flexibility index (Phi) is 13.9. The Morgan fingerprint density at radius 2 is 0.589 bits per heavy atom. The number of aliphatic hydroxyl groups is 16. The molecule has 3 aromatic heterocycles. The Labute approximate surface area is 316 Å². The summed E-state index contributed by atoms with van der Waals surface area (Å²) in [6.07, 6.45) is -18.3. The van der Waals surface area contributed by atoms with Crippen LogP contribution < -0.4 is 0 Å². The molecule has 0 spiro atoms. The zero-order valence-corrected chi connectivity index (χ0v) is 29.4. The number of rotatable bonds is 16. The van der Waals surface area contributed by atoms with Crippen molar-refractivity contribution in [1.29, 1.82) is 0 Å². The summed E-state index contributed by atoms with van der Waals surface area (Å²) in [6.45, 7) is -3.85. The molecule has 5 rings (SSSR count). The van der Waals surface area contributed by atoms with Gasteiger partial charge in [-0.3, -0.25) is 0 Å². The predicted octanol–water partition coefficient (Wildman–Crippen LogP) is -4.35. The average molecular weight is 791 g/mol. The SMILES string of the molecule is OC[C@H](O)[C@H](O)[C@@H](O)c1c2nc(c([C@H](O)[C@@H](O)[C@@H](O)CO)c3ccc([nH]3)c([C@H](O)[C@@H](O)[C@@H](O)CO)c3ccc([nH]3)c([C@H](O)[C@@H](O)[C@@H](O)CO)c3nc1C=C3)C=C2. The number of aliphatic hydroxyl groups excluding tert-OH is 16. The highest BCUT2D eigenvalue weighted by atomic mass is 16.4. The molecule has 0 saturated carbocycles. The van der Waals surface area contributed by atoms with Crippen molar-refractivity contribution in [3.63, 3.8) is 0 Å². The van der Waals surface area contributed by atoms with E-state index in [1.54, 1.807) is 0 Å². The molecule has 306 valence electrons. The third kappa shape index (κ3) is 8.32.